The summed E-state index contributed by atoms with van der Waals surface area (Å²) in [6.07, 6.45) is 2.75. The van der Waals surface area contributed by atoms with Crippen LogP contribution in [0.1, 0.15) is 33.1 Å². The van der Waals surface area contributed by atoms with E-state index in [0.29, 0.717) is 13.0 Å². The van der Waals surface area contributed by atoms with E-state index in [2.05, 4.69) is 11.9 Å². The standard InChI is InChI=1S/C11H19NO3/c1-4-7-8-9(11(14)12-6-3)15-10(13)5-2/h5,9H,2,4,6-8H2,1,3H3,(H,12,14). The lowest BCUT2D eigenvalue weighted by molar-refractivity contribution is -0.151. The van der Waals surface area contributed by atoms with Gasteiger partial charge in [-0.2, -0.15) is 0 Å². The molecular formula is C11H19NO3. The average Bonchev–Trinajstić information content (AvgIpc) is 2.24. The maximum atomic E-state index is 11.5. The van der Waals surface area contributed by atoms with E-state index < -0.39 is 12.1 Å². The van der Waals surface area contributed by atoms with E-state index in [0.717, 1.165) is 18.9 Å². The molecule has 0 aliphatic carbocycles. The number of ether oxygens (including phenoxy) is 1. The Morgan fingerprint density at radius 3 is 2.60 bits per heavy atom. The molecule has 1 N–H and O–H groups in total. The second-order valence-electron chi connectivity index (χ2n) is 3.17. The highest BCUT2D eigenvalue weighted by molar-refractivity contribution is 5.87. The summed E-state index contributed by atoms with van der Waals surface area (Å²) >= 11 is 0. The molecule has 4 heteroatoms. The van der Waals surface area contributed by atoms with E-state index >= 15 is 0 Å². The summed E-state index contributed by atoms with van der Waals surface area (Å²) in [4.78, 5) is 22.5. The minimum absolute atomic E-state index is 0.235. The lowest BCUT2D eigenvalue weighted by atomic mass is 10.1. The fourth-order valence-corrected chi connectivity index (χ4v) is 1.11. The Morgan fingerprint density at radius 2 is 2.13 bits per heavy atom. The first-order valence-corrected chi connectivity index (χ1v) is 5.26. The Balaban J connectivity index is 4.22. The maximum Gasteiger partial charge on any atom is 0.330 e. The van der Waals surface area contributed by atoms with Crippen molar-refractivity contribution in [3.05, 3.63) is 12.7 Å². The molecule has 1 unspecified atom stereocenters. The van der Waals surface area contributed by atoms with Gasteiger partial charge in [-0.15, -0.1) is 0 Å². The third-order valence-corrected chi connectivity index (χ3v) is 1.89. The van der Waals surface area contributed by atoms with Crippen LogP contribution in [0.3, 0.4) is 0 Å². The summed E-state index contributed by atoms with van der Waals surface area (Å²) in [7, 11) is 0. The van der Waals surface area contributed by atoms with Crippen molar-refractivity contribution in [1.29, 1.82) is 0 Å². The van der Waals surface area contributed by atoms with Crippen molar-refractivity contribution in [2.24, 2.45) is 0 Å². The van der Waals surface area contributed by atoms with E-state index in [1.54, 1.807) is 0 Å². The van der Waals surface area contributed by atoms with E-state index in [4.69, 9.17) is 4.74 Å². The highest BCUT2D eigenvalue weighted by Crippen LogP contribution is 2.05. The fourth-order valence-electron chi connectivity index (χ4n) is 1.11. The fraction of sp³-hybridized carbons (Fsp3) is 0.636. The number of unbranched alkanes of at least 4 members (excludes halogenated alkanes) is 1. The highest BCUT2D eigenvalue weighted by Gasteiger charge is 2.20. The van der Waals surface area contributed by atoms with E-state index in [-0.39, 0.29) is 5.91 Å². The number of hydrogen-bond donors (Lipinski definition) is 1. The van der Waals surface area contributed by atoms with Crippen molar-refractivity contribution in [3.8, 4) is 0 Å². The second-order valence-corrected chi connectivity index (χ2v) is 3.17. The SMILES string of the molecule is C=CC(=O)OC(CCCC)C(=O)NCC. The molecule has 0 fully saturated rings. The third-order valence-electron chi connectivity index (χ3n) is 1.89. The molecule has 1 amide bonds. The highest BCUT2D eigenvalue weighted by atomic mass is 16.5. The Hall–Kier alpha value is -1.32. The summed E-state index contributed by atoms with van der Waals surface area (Å²) in [5, 5.41) is 2.63. The molecule has 0 spiro atoms. The largest absolute Gasteiger partial charge is 0.449 e. The van der Waals surface area contributed by atoms with Gasteiger partial charge in [-0.05, 0) is 19.8 Å². The van der Waals surface area contributed by atoms with Crippen LogP contribution in [-0.4, -0.2) is 24.5 Å². The topological polar surface area (TPSA) is 55.4 Å². The summed E-state index contributed by atoms with van der Waals surface area (Å²) in [6, 6.07) is 0. The van der Waals surface area contributed by atoms with Crippen LogP contribution in [0.5, 0.6) is 0 Å². The van der Waals surface area contributed by atoms with Crippen molar-refractivity contribution in [2.75, 3.05) is 6.54 Å². The quantitative estimate of drug-likeness (QED) is 0.514. The van der Waals surface area contributed by atoms with Crippen LogP contribution in [0.4, 0.5) is 0 Å². The monoisotopic (exact) mass is 213 g/mol. The van der Waals surface area contributed by atoms with Gasteiger partial charge in [0.25, 0.3) is 5.91 Å². The summed E-state index contributed by atoms with van der Waals surface area (Å²) in [5.41, 5.74) is 0. The number of carbonyl (C=O) groups is 2. The molecule has 0 rings (SSSR count). The molecule has 15 heavy (non-hydrogen) atoms. The van der Waals surface area contributed by atoms with Crippen LogP contribution in [-0.2, 0) is 14.3 Å². The first-order valence-electron chi connectivity index (χ1n) is 5.26. The first-order chi connectivity index (χ1) is 7.15. The van der Waals surface area contributed by atoms with Gasteiger partial charge >= 0.3 is 5.97 Å². The number of amides is 1. The van der Waals surface area contributed by atoms with Crippen molar-refractivity contribution in [3.63, 3.8) is 0 Å². The minimum atomic E-state index is -0.685. The van der Waals surface area contributed by atoms with Crippen LogP contribution in [0, 0.1) is 0 Å². The van der Waals surface area contributed by atoms with Gasteiger partial charge in [-0.25, -0.2) is 4.79 Å². The van der Waals surface area contributed by atoms with Gasteiger partial charge in [0.1, 0.15) is 0 Å². The number of hydrogen-bond acceptors (Lipinski definition) is 3. The Labute approximate surface area is 90.7 Å². The summed E-state index contributed by atoms with van der Waals surface area (Å²) in [5.74, 6) is -0.788. The smallest absolute Gasteiger partial charge is 0.330 e. The molecule has 0 aromatic carbocycles. The van der Waals surface area contributed by atoms with Crippen molar-refractivity contribution in [1.82, 2.24) is 5.32 Å². The zero-order valence-corrected chi connectivity index (χ0v) is 9.41. The number of likely N-dealkylation sites (N-methyl/N-ethyl adjacent to an activating group) is 1. The second kappa shape index (κ2) is 8.03. The van der Waals surface area contributed by atoms with E-state index in [1.807, 2.05) is 13.8 Å². The van der Waals surface area contributed by atoms with Gasteiger partial charge in [0, 0.05) is 12.6 Å². The first kappa shape index (κ1) is 13.7. The maximum absolute atomic E-state index is 11.5. The van der Waals surface area contributed by atoms with Gasteiger partial charge in [0.2, 0.25) is 0 Å². The summed E-state index contributed by atoms with van der Waals surface area (Å²) in [6.45, 7) is 7.67. The third kappa shape index (κ3) is 5.88. The lowest BCUT2D eigenvalue weighted by Crippen LogP contribution is -2.37. The van der Waals surface area contributed by atoms with Crippen LogP contribution < -0.4 is 5.32 Å². The van der Waals surface area contributed by atoms with Gasteiger partial charge in [-0.3, -0.25) is 4.79 Å². The molecule has 0 aromatic rings. The van der Waals surface area contributed by atoms with Crippen molar-refractivity contribution >= 4 is 11.9 Å². The molecule has 0 aliphatic rings. The Bertz CT molecular complexity index is 226. The molecular weight excluding hydrogens is 194 g/mol. The molecule has 1 atom stereocenters. The lowest BCUT2D eigenvalue weighted by Gasteiger charge is -2.15. The van der Waals surface area contributed by atoms with Crippen molar-refractivity contribution in [2.45, 2.75) is 39.2 Å². The molecule has 0 saturated carbocycles. The number of nitrogens with one attached hydrogen (secondary N) is 1. The van der Waals surface area contributed by atoms with Crippen molar-refractivity contribution < 1.29 is 14.3 Å². The molecule has 0 bridgehead atoms. The van der Waals surface area contributed by atoms with Crippen LogP contribution in [0.25, 0.3) is 0 Å². The minimum Gasteiger partial charge on any atom is -0.449 e. The molecule has 0 aromatic heterocycles. The molecule has 0 aliphatic heterocycles. The number of rotatable bonds is 7. The van der Waals surface area contributed by atoms with E-state index in [9.17, 15) is 9.59 Å². The molecule has 0 heterocycles. The molecule has 4 nitrogen and oxygen atoms in total. The Kier molecular flexibility index (Phi) is 7.32. The predicted octanol–water partition coefficient (Wildman–Crippen LogP) is 1.41. The average molecular weight is 213 g/mol. The van der Waals surface area contributed by atoms with Crippen LogP contribution in [0.15, 0.2) is 12.7 Å². The molecule has 0 radical (unpaired) electrons. The van der Waals surface area contributed by atoms with Crippen LogP contribution >= 0.6 is 0 Å². The molecule has 0 saturated heterocycles. The normalized spacial score (nSPS) is 11.6. The zero-order valence-electron chi connectivity index (χ0n) is 9.41. The predicted molar refractivity (Wildman–Crippen MR) is 58.3 cm³/mol. The van der Waals surface area contributed by atoms with Gasteiger partial charge in [-0.1, -0.05) is 19.9 Å². The number of esters is 1. The molecule has 86 valence electrons. The van der Waals surface area contributed by atoms with Gasteiger partial charge < -0.3 is 10.1 Å². The van der Waals surface area contributed by atoms with Gasteiger partial charge in [0.05, 0.1) is 0 Å². The van der Waals surface area contributed by atoms with Crippen LogP contribution in [0.2, 0.25) is 0 Å². The zero-order chi connectivity index (χ0) is 11.7. The summed E-state index contributed by atoms with van der Waals surface area (Å²) < 4.78 is 4.95. The van der Waals surface area contributed by atoms with E-state index in [1.165, 1.54) is 0 Å². The number of carbonyl (C=O) groups excluding carboxylic acids is 2. The van der Waals surface area contributed by atoms with Gasteiger partial charge in [0.15, 0.2) is 6.10 Å². The Morgan fingerprint density at radius 1 is 1.47 bits per heavy atom.